The first-order valence-corrected chi connectivity index (χ1v) is 7.94. The van der Waals surface area contributed by atoms with Gasteiger partial charge < -0.3 is 15.2 Å². The van der Waals surface area contributed by atoms with Crippen LogP contribution in [0.4, 0.5) is 0 Å². The highest BCUT2D eigenvalue weighted by Gasteiger charge is 2.19. The third-order valence-electron chi connectivity index (χ3n) is 3.60. The highest BCUT2D eigenvalue weighted by Crippen LogP contribution is 2.25. The maximum atomic E-state index is 12.2. The van der Waals surface area contributed by atoms with E-state index in [4.69, 9.17) is 16.3 Å². The van der Waals surface area contributed by atoms with Crippen molar-refractivity contribution in [1.29, 1.82) is 0 Å². The zero-order valence-electron chi connectivity index (χ0n) is 13.8. The van der Waals surface area contributed by atoms with Crippen LogP contribution < -0.4 is 10.1 Å². The molecule has 0 saturated carbocycles. The topological polar surface area (TPSA) is 75.6 Å². The molecule has 0 aliphatic carbocycles. The molecule has 2 N–H and O–H groups in total. The first-order valence-electron chi connectivity index (χ1n) is 7.56. The Hall–Kier alpha value is -2.79. The number of benzene rings is 2. The van der Waals surface area contributed by atoms with Crippen LogP contribution in [0.1, 0.15) is 22.8 Å². The third-order valence-corrected chi connectivity index (χ3v) is 3.83. The van der Waals surface area contributed by atoms with Crippen LogP contribution in [-0.2, 0) is 4.79 Å². The summed E-state index contributed by atoms with van der Waals surface area (Å²) in [6, 6.07) is 12.8. The fourth-order valence-electron chi connectivity index (χ4n) is 2.30. The minimum Gasteiger partial charge on any atom is -0.496 e. The fourth-order valence-corrected chi connectivity index (χ4v) is 2.49. The van der Waals surface area contributed by atoms with Crippen molar-refractivity contribution in [3.63, 3.8) is 0 Å². The summed E-state index contributed by atoms with van der Waals surface area (Å²) in [5.74, 6) is -0.995. The maximum absolute atomic E-state index is 12.2. The summed E-state index contributed by atoms with van der Waals surface area (Å²) in [5, 5.41) is 12.7. The third kappa shape index (κ3) is 4.84. The van der Waals surface area contributed by atoms with Gasteiger partial charge in [-0.1, -0.05) is 29.8 Å². The van der Waals surface area contributed by atoms with Gasteiger partial charge in [0, 0.05) is 16.1 Å². The first-order chi connectivity index (χ1) is 11.9. The summed E-state index contributed by atoms with van der Waals surface area (Å²) in [6.07, 6.45) is 1.45. The monoisotopic (exact) mass is 359 g/mol. The lowest BCUT2D eigenvalue weighted by Crippen LogP contribution is -2.36. The number of carbonyl (C=O) groups excluding carboxylic acids is 1. The maximum Gasteiger partial charge on any atom is 0.333 e. The number of carbonyl (C=O) groups is 2. The van der Waals surface area contributed by atoms with Crippen molar-refractivity contribution in [2.24, 2.45) is 0 Å². The van der Waals surface area contributed by atoms with Crippen LogP contribution in [0.2, 0.25) is 5.02 Å². The van der Waals surface area contributed by atoms with E-state index in [9.17, 15) is 14.7 Å². The molecule has 1 amide bonds. The molecule has 0 bridgehead atoms. The van der Waals surface area contributed by atoms with Crippen molar-refractivity contribution in [2.75, 3.05) is 7.11 Å². The van der Waals surface area contributed by atoms with E-state index in [-0.39, 0.29) is 11.5 Å². The number of hydrogen-bond acceptors (Lipinski definition) is 3. The van der Waals surface area contributed by atoms with E-state index in [1.807, 2.05) is 0 Å². The average Bonchev–Trinajstić information content (AvgIpc) is 2.60. The molecule has 0 fully saturated rings. The molecule has 6 heteroatoms. The van der Waals surface area contributed by atoms with Crippen molar-refractivity contribution in [3.8, 4) is 5.75 Å². The molecule has 0 spiro atoms. The predicted octanol–water partition coefficient (Wildman–Crippen LogP) is 3.64. The van der Waals surface area contributed by atoms with Crippen LogP contribution in [0.15, 0.2) is 54.1 Å². The summed E-state index contributed by atoms with van der Waals surface area (Å²) in [5.41, 5.74) is 0.998. The highest BCUT2D eigenvalue weighted by atomic mass is 35.5. The molecule has 0 aromatic heterocycles. The number of rotatable bonds is 6. The number of halogens is 1. The second-order valence-electron chi connectivity index (χ2n) is 5.35. The lowest BCUT2D eigenvalue weighted by Gasteiger charge is -2.16. The normalized spacial score (nSPS) is 12.4. The number of ether oxygens (including phenoxy) is 1. The minimum atomic E-state index is -1.14. The summed E-state index contributed by atoms with van der Waals surface area (Å²) in [7, 11) is 1.49. The van der Waals surface area contributed by atoms with E-state index in [1.54, 1.807) is 55.5 Å². The van der Waals surface area contributed by atoms with Crippen LogP contribution >= 0.6 is 11.6 Å². The summed E-state index contributed by atoms with van der Waals surface area (Å²) >= 11 is 5.98. The van der Waals surface area contributed by atoms with Gasteiger partial charge in [-0.3, -0.25) is 4.79 Å². The Balaban J connectivity index is 2.30. The van der Waals surface area contributed by atoms with E-state index in [0.717, 1.165) is 0 Å². The van der Waals surface area contributed by atoms with E-state index < -0.39 is 12.0 Å². The van der Waals surface area contributed by atoms with Crippen LogP contribution in [-0.4, -0.2) is 30.1 Å². The minimum absolute atomic E-state index is 0.0184. The number of carboxylic acids is 1. The summed E-state index contributed by atoms with van der Waals surface area (Å²) in [6.45, 7) is 1.61. The number of aliphatic carboxylic acids is 1. The van der Waals surface area contributed by atoms with Gasteiger partial charge >= 0.3 is 5.97 Å². The molecule has 2 rings (SSSR count). The summed E-state index contributed by atoms with van der Waals surface area (Å²) < 4.78 is 5.23. The molecule has 5 nitrogen and oxygen atoms in total. The lowest BCUT2D eigenvalue weighted by molar-refractivity contribution is -0.132. The fraction of sp³-hybridized carbons (Fsp3) is 0.158. The molecule has 2 aromatic carbocycles. The average molecular weight is 360 g/mol. The van der Waals surface area contributed by atoms with Gasteiger partial charge in [-0.05, 0) is 43.3 Å². The van der Waals surface area contributed by atoms with Crippen LogP contribution in [0, 0.1) is 0 Å². The molecule has 130 valence electrons. The van der Waals surface area contributed by atoms with Gasteiger partial charge in [0.2, 0.25) is 0 Å². The molecule has 0 heterocycles. The molecule has 1 unspecified atom stereocenters. The van der Waals surface area contributed by atoms with Gasteiger partial charge in [0.1, 0.15) is 5.75 Å². The molecule has 0 aliphatic rings. The van der Waals surface area contributed by atoms with Crippen LogP contribution in [0.3, 0.4) is 0 Å². The second kappa shape index (κ2) is 8.35. The molecular weight excluding hydrogens is 342 g/mol. The Morgan fingerprint density at radius 1 is 1.20 bits per heavy atom. The van der Waals surface area contributed by atoms with Gasteiger partial charge in [-0.15, -0.1) is 0 Å². The smallest absolute Gasteiger partial charge is 0.333 e. The number of carboxylic acid groups (broad SMARTS) is 1. The van der Waals surface area contributed by atoms with Gasteiger partial charge in [-0.25, -0.2) is 4.79 Å². The number of hydrogen-bond donors (Lipinski definition) is 2. The standard InChI is InChI=1S/C19H18ClNO4/c1-12(21-18(22)13-6-4-3-5-7-13)16(19(23)24)11-14-10-15(20)8-9-17(14)25-2/h3-12H,1-2H3,(H,21,22)(H,23,24)/b16-11+. The zero-order chi connectivity index (χ0) is 18.4. The van der Waals surface area contributed by atoms with E-state index in [0.29, 0.717) is 21.9 Å². The van der Waals surface area contributed by atoms with Crippen LogP contribution in [0.25, 0.3) is 6.08 Å². The molecule has 0 radical (unpaired) electrons. The van der Waals surface area contributed by atoms with Gasteiger partial charge in [0.25, 0.3) is 5.91 Å². The Bertz CT molecular complexity index is 802. The Kier molecular flexibility index (Phi) is 6.19. The predicted molar refractivity (Wildman–Crippen MR) is 97.0 cm³/mol. The van der Waals surface area contributed by atoms with Crippen molar-refractivity contribution >= 4 is 29.6 Å². The van der Waals surface area contributed by atoms with Gasteiger partial charge in [0.05, 0.1) is 18.7 Å². The Labute approximate surface area is 150 Å². The number of amides is 1. The zero-order valence-corrected chi connectivity index (χ0v) is 14.6. The highest BCUT2D eigenvalue weighted by molar-refractivity contribution is 6.30. The SMILES string of the molecule is COc1ccc(Cl)cc1/C=C(/C(=O)O)C(C)NC(=O)c1ccccc1. The van der Waals surface area contributed by atoms with Gasteiger partial charge in [-0.2, -0.15) is 0 Å². The molecule has 0 saturated heterocycles. The molecule has 0 aliphatic heterocycles. The van der Waals surface area contributed by atoms with Crippen molar-refractivity contribution in [2.45, 2.75) is 13.0 Å². The quantitative estimate of drug-likeness (QED) is 0.772. The largest absolute Gasteiger partial charge is 0.496 e. The summed E-state index contributed by atoms with van der Waals surface area (Å²) in [4.78, 5) is 23.9. The molecule has 25 heavy (non-hydrogen) atoms. The molecule has 1 atom stereocenters. The Morgan fingerprint density at radius 2 is 1.88 bits per heavy atom. The van der Waals surface area contributed by atoms with Crippen molar-refractivity contribution in [1.82, 2.24) is 5.32 Å². The second-order valence-corrected chi connectivity index (χ2v) is 5.79. The Morgan fingerprint density at radius 3 is 2.48 bits per heavy atom. The lowest BCUT2D eigenvalue weighted by atomic mass is 10.0. The van der Waals surface area contributed by atoms with Crippen molar-refractivity contribution < 1.29 is 19.4 Å². The van der Waals surface area contributed by atoms with E-state index >= 15 is 0 Å². The van der Waals surface area contributed by atoms with E-state index in [2.05, 4.69) is 5.32 Å². The van der Waals surface area contributed by atoms with Crippen LogP contribution in [0.5, 0.6) is 5.75 Å². The molecule has 2 aromatic rings. The number of nitrogens with one attached hydrogen (secondary N) is 1. The number of methoxy groups -OCH3 is 1. The van der Waals surface area contributed by atoms with Gasteiger partial charge in [0.15, 0.2) is 0 Å². The van der Waals surface area contributed by atoms with E-state index in [1.165, 1.54) is 13.2 Å². The first kappa shape index (κ1) is 18.5. The van der Waals surface area contributed by atoms with Crippen molar-refractivity contribution in [3.05, 3.63) is 70.3 Å². The molecular formula is C19H18ClNO4.